The number of morpholine rings is 1. The van der Waals surface area contributed by atoms with E-state index in [1.54, 1.807) is 21.7 Å². The third-order valence-electron chi connectivity index (χ3n) is 5.56. The molecular formula is C24H25N3O4. The first-order chi connectivity index (χ1) is 15.0. The molecule has 31 heavy (non-hydrogen) atoms. The zero-order valence-electron chi connectivity index (χ0n) is 17.4. The molecule has 1 N–H and O–H groups in total. The van der Waals surface area contributed by atoms with Crippen molar-refractivity contribution in [2.24, 2.45) is 0 Å². The van der Waals surface area contributed by atoms with Crippen LogP contribution in [0.4, 0.5) is 0 Å². The summed E-state index contributed by atoms with van der Waals surface area (Å²) in [6.07, 6.45) is 1.61. The first-order valence-corrected chi connectivity index (χ1v) is 10.4. The van der Waals surface area contributed by atoms with Gasteiger partial charge in [0.1, 0.15) is 6.54 Å². The molecular weight excluding hydrogens is 394 g/mol. The van der Waals surface area contributed by atoms with Gasteiger partial charge in [-0.1, -0.05) is 48.5 Å². The Morgan fingerprint density at radius 1 is 1.00 bits per heavy atom. The number of nitrogens with one attached hydrogen (secondary N) is 1. The van der Waals surface area contributed by atoms with Gasteiger partial charge in [0.2, 0.25) is 5.91 Å². The fraction of sp³-hybridized carbons (Fsp3) is 0.292. The van der Waals surface area contributed by atoms with E-state index in [1.807, 2.05) is 55.5 Å². The number of para-hydroxylation sites is 1. The average Bonchev–Trinajstić information content (AvgIpc) is 3.18. The third kappa shape index (κ3) is 4.51. The van der Waals surface area contributed by atoms with E-state index < -0.39 is 11.7 Å². The van der Waals surface area contributed by atoms with E-state index in [-0.39, 0.29) is 18.5 Å². The number of rotatable bonds is 6. The van der Waals surface area contributed by atoms with Crippen LogP contribution in [0.15, 0.2) is 60.8 Å². The summed E-state index contributed by atoms with van der Waals surface area (Å²) >= 11 is 0. The Morgan fingerprint density at radius 2 is 1.68 bits per heavy atom. The van der Waals surface area contributed by atoms with E-state index in [0.717, 1.165) is 11.1 Å². The molecule has 0 unspecified atom stereocenters. The molecule has 1 aromatic heterocycles. The van der Waals surface area contributed by atoms with Gasteiger partial charge in [-0.05, 0) is 18.6 Å². The summed E-state index contributed by atoms with van der Waals surface area (Å²) in [5.74, 6) is -1.32. The van der Waals surface area contributed by atoms with E-state index in [2.05, 4.69) is 5.32 Å². The van der Waals surface area contributed by atoms with Gasteiger partial charge in [0.05, 0.1) is 24.8 Å². The van der Waals surface area contributed by atoms with Crippen LogP contribution in [0.2, 0.25) is 0 Å². The summed E-state index contributed by atoms with van der Waals surface area (Å²) in [7, 11) is 0. The standard InChI is InChI=1S/C24H25N3O4/c1-17(18-7-3-2-4-8-18)25-24(30)23(29)20-15-27(21-10-6-5-9-19(20)21)16-22(28)26-11-13-31-14-12-26/h2-10,15,17H,11-14,16H2,1H3,(H,25,30)/t17-/m0/s1. The van der Waals surface area contributed by atoms with Crippen LogP contribution in [-0.4, -0.2) is 53.4 Å². The maximum absolute atomic E-state index is 13.0. The summed E-state index contributed by atoms with van der Waals surface area (Å²) in [6, 6.07) is 16.5. The summed E-state index contributed by atoms with van der Waals surface area (Å²) in [6.45, 7) is 4.12. The lowest BCUT2D eigenvalue weighted by molar-refractivity contribution is -0.135. The monoisotopic (exact) mass is 419 g/mol. The minimum absolute atomic E-state index is 0.0368. The number of benzene rings is 2. The van der Waals surface area contributed by atoms with Gasteiger partial charge in [0.15, 0.2) is 0 Å². The molecule has 1 aliphatic heterocycles. The summed E-state index contributed by atoms with van der Waals surface area (Å²) in [5.41, 5.74) is 1.96. The van der Waals surface area contributed by atoms with Crippen LogP contribution in [0, 0.1) is 0 Å². The Bertz CT molecular complexity index is 1100. The highest BCUT2D eigenvalue weighted by Gasteiger charge is 2.24. The van der Waals surface area contributed by atoms with Crippen molar-refractivity contribution in [2.75, 3.05) is 26.3 Å². The Kier molecular flexibility index (Phi) is 6.13. The van der Waals surface area contributed by atoms with Crippen LogP contribution >= 0.6 is 0 Å². The molecule has 2 amide bonds. The zero-order chi connectivity index (χ0) is 21.8. The predicted molar refractivity (Wildman–Crippen MR) is 117 cm³/mol. The molecule has 160 valence electrons. The van der Waals surface area contributed by atoms with Gasteiger partial charge in [0, 0.05) is 30.2 Å². The van der Waals surface area contributed by atoms with Gasteiger partial charge in [-0.25, -0.2) is 0 Å². The van der Waals surface area contributed by atoms with Gasteiger partial charge in [0.25, 0.3) is 11.7 Å². The number of Topliss-reactive ketones (excluding diaryl/α,β-unsaturated/α-hetero) is 1. The highest BCUT2D eigenvalue weighted by molar-refractivity contribution is 6.45. The van der Waals surface area contributed by atoms with E-state index >= 15 is 0 Å². The molecule has 0 spiro atoms. The van der Waals surface area contributed by atoms with Gasteiger partial charge in [-0.15, -0.1) is 0 Å². The molecule has 4 rings (SSSR count). The molecule has 0 bridgehead atoms. The van der Waals surface area contributed by atoms with Gasteiger partial charge >= 0.3 is 0 Å². The number of carbonyl (C=O) groups is 3. The SMILES string of the molecule is C[C@H](NC(=O)C(=O)c1cn(CC(=O)N2CCOCC2)c2ccccc12)c1ccccc1. The van der Waals surface area contributed by atoms with Crippen molar-refractivity contribution >= 4 is 28.5 Å². The van der Waals surface area contributed by atoms with Crippen LogP contribution in [0.1, 0.15) is 28.9 Å². The van der Waals surface area contributed by atoms with Crippen molar-refractivity contribution in [3.63, 3.8) is 0 Å². The molecule has 1 atom stereocenters. The minimum Gasteiger partial charge on any atom is -0.378 e. The van der Waals surface area contributed by atoms with Gasteiger partial charge in [-0.3, -0.25) is 14.4 Å². The van der Waals surface area contributed by atoms with E-state index in [9.17, 15) is 14.4 Å². The van der Waals surface area contributed by atoms with Crippen LogP contribution in [0.3, 0.4) is 0 Å². The number of carbonyl (C=O) groups excluding carboxylic acids is 3. The highest BCUT2D eigenvalue weighted by Crippen LogP contribution is 2.23. The molecule has 7 heteroatoms. The van der Waals surface area contributed by atoms with Crippen LogP contribution in [0.25, 0.3) is 10.9 Å². The molecule has 0 saturated carbocycles. The number of ketones is 1. The molecule has 1 fully saturated rings. The Labute approximate surface area is 180 Å². The maximum atomic E-state index is 13.0. The fourth-order valence-electron chi connectivity index (χ4n) is 3.83. The molecule has 7 nitrogen and oxygen atoms in total. The van der Waals surface area contributed by atoms with Crippen molar-refractivity contribution in [3.8, 4) is 0 Å². The second-order valence-corrected chi connectivity index (χ2v) is 7.62. The van der Waals surface area contributed by atoms with Crippen LogP contribution < -0.4 is 5.32 Å². The van der Waals surface area contributed by atoms with Gasteiger partial charge < -0.3 is 19.5 Å². The quantitative estimate of drug-likeness (QED) is 0.492. The molecule has 2 heterocycles. The number of amides is 2. The van der Waals surface area contributed by atoms with E-state index in [0.29, 0.717) is 37.3 Å². The largest absolute Gasteiger partial charge is 0.378 e. The first kappa shape index (κ1) is 20.8. The van der Waals surface area contributed by atoms with Crippen molar-refractivity contribution in [1.29, 1.82) is 0 Å². The summed E-state index contributed by atoms with van der Waals surface area (Å²) in [4.78, 5) is 40.1. The number of nitrogens with zero attached hydrogens (tertiary/aromatic N) is 2. The second kappa shape index (κ2) is 9.14. The molecule has 0 radical (unpaired) electrons. The number of hydrogen-bond acceptors (Lipinski definition) is 4. The van der Waals surface area contributed by atoms with Crippen LogP contribution in [-0.2, 0) is 20.9 Å². The normalized spacial score (nSPS) is 14.9. The lowest BCUT2D eigenvalue weighted by Gasteiger charge is -2.27. The Hall–Kier alpha value is -3.45. The summed E-state index contributed by atoms with van der Waals surface area (Å²) < 4.78 is 7.05. The molecule has 3 aromatic rings. The first-order valence-electron chi connectivity index (χ1n) is 10.4. The number of ether oxygens (including phenoxy) is 1. The number of aromatic nitrogens is 1. The van der Waals surface area contributed by atoms with Gasteiger partial charge in [-0.2, -0.15) is 0 Å². The van der Waals surface area contributed by atoms with Crippen molar-refractivity contribution in [3.05, 3.63) is 71.9 Å². The topological polar surface area (TPSA) is 80.6 Å². The van der Waals surface area contributed by atoms with Crippen molar-refractivity contribution < 1.29 is 19.1 Å². The predicted octanol–water partition coefficient (Wildman–Crippen LogP) is 2.56. The average molecular weight is 419 g/mol. The smallest absolute Gasteiger partial charge is 0.292 e. The lowest BCUT2D eigenvalue weighted by Crippen LogP contribution is -2.42. The van der Waals surface area contributed by atoms with Crippen molar-refractivity contribution in [1.82, 2.24) is 14.8 Å². The van der Waals surface area contributed by atoms with Crippen LogP contribution in [0.5, 0.6) is 0 Å². The lowest BCUT2D eigenvalue weighted by atomic mass is 10.1. The minimum atomic E-state index is -0.668. The number of hydrogen-bond donors (Lipinski definition) is 1. The Balaban J connectivity index is 1.55. The van der Waals surface area contributed by atoms with Crippen molar-refractivity contribution in [2.45, 2.75) is 19.5 Å². The maximum Gasteiger partial charge on any atom is 0.292 e. The van der Waals surface area contributed by atoms with E-state index in [4.69, 9.17) is 4.74 Å². The highest BCUT2D eigenvalue weighted by atomic mass is 16.5. The molecule has 1 aliphatic rings. The molecule has 2 aromatic carbocycles. The van der Waals surface area contributed by atoms with E-state index in [1.165, 1.54) is 0 Å². The Morgan fingerprint density at radius 3 is 2.42 bits per heavy atom. The number of fused-ring (bicyclic) bond motifs is 1. The summed E-state index contributed by atoms with van der Waals surface area (Å²) in [5, 5.41) is 3.43. The zero-order valence-corrected chi connectivity index (χ0v) is 17.4. The molecule has 0 aliphatic carbocycles. The fourth-order valence-corrected chi connectivity index (χ4v) is 3.83. The third-order valence-corrected chi connectivity index (χ3v) is 5.56. The molecule has 1 saturated heterocycles. The second-order valence-electron chi connectivity index (χ2n) is 7.62.